The minimum Gasteiger partial charge on any atom is -0.348 e. The molecule has 0 saturated carbocycles. The molecule has 5 nitrogen and oxygen atoms in total. The molecule has 0 aromatic carbocycles. The van der Waals surface area contributed by atoms with Crippen molar-refractivity contribution in [2.45, 2.75) is 39.8 Å². The molecule has 0 saturated heterocycles. The molecule has 102 valence electrons. The van der Waals surface area contributed by atoms with Crippen LogP contribution in [0.5, 0.6) is 0 Å². The second kappa shape index (κ2) is 6.54. The molecule has 0 spiro atoms. The first-order valence-corrected chi connectivity index (χ1v) is 6.35. The van der Waals surface area contributed by atoms with Crippen LogP contribution < -0.4 is 5.32 Å². The number of carbonyl (C=O) groups is 1. The lowest BCUT2D eigenvalue weighted by molar-refractivity contribution is -0.131. The fourth-order valence-electron chi connectivity index (χ4n) is 1.84. The third-order valence-corrected chi connectivity index (χ3v) is 2.90. The van der Waals surface area contributed by atoms with Crippen molar-refractivity contribution in [2.75, 3.05) is 14.1 Å². The molecule has 1 aromatic rings. The Kier molecular flexibility index (Phi) is 5.34. The van der Waals surface area contributed by atoms with Crippen LogP contribution in [0.3, 0.4) is 0 Å². The average Bonchev–Trinajstić information content (AvgIpc) is 2.68. The van der Waals surface area contributed by atoms with Crippen LogP contribution in [-0.2, 0) is 11.3 Å². The van der Waals surface area contributed by atoms with E-state index in [9.17, 15) is 4.79 Å². The number of H-pyrrole nitrogens is 1. The van der Waals surface area contributed by atoms with Gasteiger partial charge in [-0.05, 0) is 19.3 Å². The summed E-state index contributed by atoms with van der Waals surface area (Å²) in [6.07, 6.45) is 2.51. The predicted molar refractivity (Wildman–Crippen MR) is 72.1 cm³/mol. The van der Waals surface area contributed by atoms with E-state index in [1.165, 1.54) is 0 Å². The molecule has 5 heteroatoms. The lowest BCUT2D eigenvalue weighted by atomic mass is 10.0. The van der Waals surface area contributed by atoms with E-state index in [0.717, 1.165) is 17.8 Å². The second-order valence-corrected chi connectivity index (χ2v) is 5.27. The fourth-order valence-corrected chi connectivity index (χ4v) is 1.84. The second-order valence-electron chi connectivity index (χ2n) is 5.27. The zero-order valence-electron chi connectivity index (χ0n) is 11.9. The molecule has 2 N–H and O–H groups in total. The summed E-state index contributed by atoms with van der Waals surface area (Å²) in [7, 11) is 3.58. The van der Waals surface area contributed by atoms with Crippen LogP contribution >= 0.6 is 0 Å². The first kappa shape index (κ1) is 14.7. The van der Waals surface area contributed by atoms with E-state index in [1.807, 2.05) is 6.92 Å². The van der Waals surface area contributed by atoms with Crippen LogP contribution in [0.15, 0.2) is 6.33 Å². The standard InChI is InChI=1S/C13H24N4O/c1-9(2)6-11(13(18)17(4)5)14-7-12-10(3)15-8-16-12/h8-9,11,14H,6-7H2,1-5H3,(H,15,16). The summed E-state index contributed by atoms with van der Waals surface area (Å²) >= 11 is 0. The summed E-state index contributed by atoms with van der Waals surface area (Å²) in [6, 6.07) is -0.143. The number of carbonyl (C=O) groups excluding carboxylic acids is 1. The van der Waals surface area contributed by atoms with Gasteiger partial charge >= 0.3 is 0 Å². The minimum atomic E-state index is -0.143. The third-order valence-electron chi connectivity index (χ3n) is 2.90. The van der Waals surface area contributed by atoms with Gasteiger partial charge < -0.3 is 15.2 Å². The summed E-state index contributed by atoms with van der Waals surface area (Å²) in [5.41, 5.74) is 2.01. The van der Waals surface area contributed by atoms with Crippen LogP contribution in [0.4, 0.5) is 0 Å². The van der Waals surface area contributed by atoms with E-state index in [1.54, 1.807) is 25.3 Å². The van der Waals surface area contributed by atoms with Crippen molar-refractivity contribution in [3.63, 3.8) is 0 Å². The van der Waals surface area contributed by atoms with Gasteiger partial charge in [-0.3, -0.25) is 4.79 Å². The van der Waals surface area contributed by atoms with Gasteiger partial charge in [0.15, 0.2) is 0 Å². The maximum absolute atomic E-state index is 12.1. The van der Waals surface area contributed by atoms with Gasteiger partial charge in [0.25, 0.3) is 0 Å². The molecule has 0 fully saturated rings. The lowest BCUT2D eigenvalue weighted by Crippen LogP contribution is -2.44. The van der Waals surface area contributed by atoms with Crippen molar-refractivity contribution in [2.24, 2.45) is 5.92 Å². The van der Waals surface area contributed by atoms with E-state index < -0.39 is 0 Å². The molecule has 1 atom stereocenters. The summed E-state index contributed by atoms with van der Waals surface area (Å²) in [5, 5.41) is 3.30. The summed E-state index contributed by atoms with van der Waals surface area (Å²) in [4.78, 5) is 21.0. The molecule has 0 bridgehead atoms. The molecule has 1 unspecified atom stereocenters. The van der Waals surface area contributed by atoms with Crippen LogP contribution in [0, 0.1) is 12.8 Å². The summed E-state index contributed by atoms with van der Waals surface area (Å²) in [6.45, 7) is 6.84. The maximum Gasteiger partial charge on any atom is 0.239 e. The monoisotopic (exact) mass is 252 g/mol. The highest BCUT2D eigenvalue weighted by Crippen LogP contribution is 2.08. The predicted octanol–water partition coefficient (Wildman–Crippen LogP) is 1.31. The number of aryl methyl sites for hydroxylation is 1. The van der Waals surface area contributed by atoms with Gasteiger partial charge in [0.2, 0.25) is 5.91 Å². The van der Waals surface area contributed by atoms with Crippen molar-refractivity contribution >= 4 is 5.91 Å². The Labute approximate surface area is 109 Å². The highest BCUT2D eigenvalue weighted by atomic mass is 16.2. The van der Waals surface area contributed by atoms with Gasteiger partial charge in [-0.25, -0.2) is 4.98 Å². The molecule has 0 aliphatic carbocycles. The van der Waals surface area contributed by atoms with Crippen LogP contribution in [0.25, 0.3) is 0 Å². The number of hydrogen-bond donors (Lipinski definition) is 2. The zero-order valence-corrected chi connectivity index (χ0v) is 11.9. The quantitative estimate of drug-likeness (QED) is 0.802. The Morgan fingerprint density at radius 2 is 2.17 bits per heavy atom. The van der Waals surface area contributed by atoms with Gasteiger partial charge in [-0.1, -0.05) is 13.8 Å². The van der Waals surface area contributed by atoms with Crippen LogP contribution in [0.1, 0.15) is 31.7 Å². The largest absolute Gasteiger partial charge is 0.348 e. The van der Waals surface area contributed by atoms with Crippen molar-refractivity contribution in [1.82, 2.24) is 20.2 Å². The Bertz CT molecular complexity index is 384. The zero-order chi connectivity index (χ0) is 13.7. The molecular formula is C13H24N4O. The molecule has 0 aliphatic heterocycles. The van der Waals surface area contributed by atoms with Gasteiger partial charge in [0.1, 0.15) is 0 Å². The number of nitrogens with one attached hydrogen (secondary N) is 2. The lowest BCUT2D eigenvalue weighted by Gasteiger charge is -2.23. The van der Waals surface area contributed by atoms with E-state index in [2.05, 4.69) is 29.1 Å². The molecule has 0 aliphatic rings. The van der Waals surface area contributed by atoms with Crippen molar-refractivity contribution < 1.29 is 4.79 Å². The highest BCUT2D eigenvalue weighted by molar-refractivity contribution is 5.81. The van der Waals surface area contributed by atoms with E-state index in [-0.39, 0.29) is 11.9 Å². The Hall–Kier alpha value is -1.36. The van der Waals surface area contributed by atoms with E-state index >= 15 is 0 Å². The van der Waals surface area contributed by atoms with Crippen molar-refractivity contribution in [3.8, 4) is 0 Å². The first-order chi connectivity index (χ1) is 8.41. The number of aromatic nitrogens is 2. The minimum absolute atomic E-state index is 0.122. The molecule has 0 radical (unpaired) electrons. The molecule has 1 rings (SSSR count). The summed E-state index contributed by atoms with van der Waals surface area (Å²) < 4.78 is 0. The Morgan fingerprint density at radius 3 is 2.61 bits per heavy atom. The number of rotatable bonds is 6. The van der Waals surface area contributed by atoms with Gasteiger partial charge in [-0.15, -0.1) is 0 Å². The topological polar surface area (TPSA) is 61.0 Å². The van der Waals surface area contributed by atoms with E-state index in [0.29, 0.717) is 12.5 Å². The number of amides is 1. The fraction of sp³-hybridized carbons (Fsp3) is 0.692. The maximum atomic E-state index is 12.1. The van der Waals surface area contributed by atoms with Gasteiger partial charge in [0.05, 0.1) is 18.1 Å². The molecule has 1 heterocycles. The molecule has 18 heavy (non-hydrogen) atoms. The number of likely N-dealkylation sites (N-methyl/N-ethyl adjacent to an activating group) is 1. The van der Waals surface area contributed by atoms with Gasteiger partial charge in [-0.2, -0.15) is 0 Å². The Balaban J connectivity index is 2.61. The van der Waals surface area contributed by atoms with Crippen LogP contribution in [0.2, 0.25) is 0 Å². The number of nitrogens with zero attached hydrogens (tertiary/aromatic N) is 2. The average molecular weight is 252 g/mol. The van der Waals surface area contributed by atoms with Crippen molar-refractivity contribution in [3.05, 3.63) is 17.7 Å². The normalized spacial score (nSPS) is 12.8. The number of hydrogen-bond acceptors (Lipinski definition) is 3. The molecular weight excluding hydrogens is 228 g/mol. The van der Waals surface area contributed by atoms with E-state index in [4.69, 9.17) is 0 Å². The molecule has 1 amide bonds. The third kappa shape index (κ3) is 4.14. The molecule has 1 aromatic heterocycles. The number of aromatic amines is 1. The van der Waals surface area contributed by atoms with Crippen LogP contribution in [-0.4, -0.2) is 40.9 Å². The van der Waals surface area contributed by atoms with Crippen molar-refractivity contribution in [1.29, 1.82) is 0 Å². The SMILES string of the molecule is Cc1[nH]cnc1CNC(CC(C)C)C(=O)N(C)C. The first-order valence-electron chi connectivity index (χ1n) is 6.35. The Morgan fingerprint density at radius 1 is 1.50 bits per heavy atom. The number of imidazole rings is 1. The smallest absolute Gasteiger partial charge is 0.239 e. The summed E-state index contributed by atoms with van der Waals surface area (Å²) in [5.74, 6) is 0.601. The van der Waals surface area contributed by atoms with Gasteiger partial charge in [0, 0.05) is 26.3 Å². The highest BCUT2D eigenvalue weighted by Gasteiger charge is 2.21.